The van der Waals surface area contributed by atoms with E-state index in [0.29, 0.717) is 23.9 Å². The molecule has 0 aliphatic carbocycles. The molecule has 0 aliphatic rings. The van der Waals surface area contributed by atoms with Gasteiger partial charge in [0.25, 0.3) is 0 Å². The van der Waals surface area contributed by atoms with Crippen LogP contribution < -0.4 is 0 Å². The zero-order valence-electron chi connectivity index (χ0n) is 38.8. The number of unbranched alkanes of at least 4 members (excludes halogenated alkanes) is 3. The largest absolute Gasteiger partial charge is 0.472 e. The molecule has 1 unspecified atom stereocenters. The summed E-state index contributed by atoms with van der Waals surface area (Å²) in [6.45, 7) is 3.67. The van der Waals surface area contributed by atoms with Gasteiger partial charge in [0.1, 0.15) is 19.8 Å². The van der Waals surface area contributed by atoms with Gasteiger partial charge in [0.05, 0.1) is 46.1 Å². The second kappa shape index (κ2) is 39.8. The molecule has 0 bridgehead atoms. The summed E-state index contributed by atoms with van der Waals surface area (Å²) < 4.78 is 33.9. The van der Waals surface area contributed by atoms with Crippen LogP contribution in [-0.4, -0.2) is 109 Å². The third-order valence-electron chi connectivity index (χ3n) is 8.83. The Bertz CT molecular complexity index is 1530. The first-order valence-electron chi connectivity index (χ1n) is 22.6. The fraction of sp³-hybridized carbons (Fsp3) is 0.560. The van der Waals surface area contributed by atoms with Gasteiger partial charge in [0, 0.05) is 12.8 Å². The van der Waals surface area contributed by atoms with Crippen molar-refractivity contribution in [1.82, 2.24) is 0 Å². The predicted molar refractivity (Wildman–Crippen MR) is 255 cm³/mol. The number of carbonyl (C=O) groups excluding carboxylic acids is 2. The van der Waals surface area contributed by atoms with E-state index in [9.17, 15) is 34.4 Å². The van der Waals surface area contributed by atoms with Crippen molar-refractivity contribution in [2.45, 2.75) is 135 Å². The number of rotatable bonds is 38. The third-order valence-corrected chi connectivity index (χ3v) is 9.82. The van der Waals surface area contributed by atoms with Gasteiger partial charge in [0.2, 0.25) is 0 Å². The summed E-state index contributed by atoms with van der Waals surface area (Å²) in [6.07, 6.45) is 45.0. The molecular formula is C50H81NO11P+. The molecule has 4 N–H and O–H groups in total. The lowest BCUT2D eigenvalue weighted by Gasteiger charge is -2.24. The van der Waals surface area contributed by atoms with E-state index in [-0.39, 0.29) is 32.3 Å². The van der Waals surface area contributed by atoms with Crippen molar-refractivity contribution in [2.75, 3.05) is 47.5 Å². The zero-order chi connectivity index (χ0) is 46.9. The Morgan fingerprint density at radius 3 is 1.79 bits per heavy atom. The minimum Gasteiger partial charge on any atom is -0.462 e. The van der Waals surface area contributed by atoms with Gasteiger partial charge in [-0.25, -0.2) is 4.57 Å². The number of phosphoric ester groups is 1. The number of ether oxygens (including phenoxy) is 2. The topological polar surface area (TPSA) is 169 Å². The monoisotopic (exact) mass is 903 g/mol. The van der Waals surface area contributed by atoms with Crippen molar-refractivity contribution >= 4 is 19.8 Å². The standard InChI is InChI=1S/C50H80NO11P/c1-6-8-10-11-12-13-14-15-16-17-18-19-20-21-22-23-24-29-33-39-49(55)59-43-46(44-61-63(57,58)60-42-41-51(3,4)5)62-50(56)40-34-38-48(54)47(53)37-32-28-26-25-27-31-36-45(52)35-30-9-7-2/h9,12-13,15-16,18-19,21-22,24-32,36-37,45-48,52-54H,6-8,10-11,14,17,20,23,33-35,38-44H2,1-5H3/p+1/b13-12-,16-15-,19-18-,22-21-,27-25+,28-26-,29-24-,30-9-,36-31+,37-32-/t45-,46+,47+,48+/m0/s1. The fourth-order valence-electron chi connectivity index (χ4n) is 5.16. The van der Waals surface area contributed by atoms with E-state index in [4.69, 9.17) is 18.5 Å². The maximum Gasteiger partial charge on any atom is 0.472 e. The van der Waals surface area contributed by atoms with Crippen LogP contribution in [0.25, 0.3) is 0 Å². The quantitative estimate of drug-likeness (QED) is 0.0116. The molecule has 0 aromatic carbocycles. The summed E-state index contributed by atoms with van der Waals surface area (Å²) in [7, 11) is 1.20. The molecule has 0 fully saturated rings. The van der Waals surface area contributed by atoms with Crippen LogP contribution in [0.15, 0.2) is 122 Å². The molecule has 12 nitrogen and oxygen atoms in total. The number of carbonyl (C=O) groups is 2. The first-order chi connectivity index (χ1) is 30.2. The molecule has 13 heteroatoms. The number of esters is 2. The lowest BCUT2D eigenvalue weighted by molar-refractivity contribution is -0.870. The van der Waals surface area contributed by atoms with Gasteiger partial charge >= 0.3 is 19.8 Å². The molecule has 0 saturated carbocycles. The highest BCUT2D eigenvalue weighted by Gasteiger charge is 2.27. The van der Waals surface area contributed by atoms with Crippen LogP contribution in [0.4, 0.5) is 0 Å². The van der Waals surface area contributed by atoms with Crippen molar-refractivity contribution in [1.29, 1.82) is 0 Å². The number of quaternary nitrogens is 1. The van der Waals surface area contributed by atoms with Gasteiger partial charge in [-0.1, -0.05) is 148 Å². The Morgan fingerprint density at radius 2 is 1.21 bits per heavy atom. The van der Waals surface area contributed by atoms with Gasteiger partial charge in [-0.15, -0.1) is 0 Å². The normalized spacial score (nSPS) is 16.1. The average molecular weight is 903 g/mol. The number of allylic oxidation sites excluding steroid dienone is 17. The van der Waals surface area contributed by atoms with E-state index in [1.807, 2.05) is 52.4 Å². The van der Waals surface area contributed by atoms with E-state index in [1.165, 1.54) is 25.3 Å². The highest BCUT2D eigenvalue weighted by Crippen LogP contribution is 2.43. The molecule has 63 heavy (non-hydrogen) atoms. The van der Waals surface area contributed by atoms with Gasteiger partial charge < -0.3 is 34.2 Å². The van der Waals surface area contributed by atoms with Crippen LogP contribution >= 0.6 is 7.82 Å². The molecule has 0 spiro atoms. The van der Waals surface area contributed by atoms with Gasteiger partial charge in [-0.05, 0) is 70.6 Å². The van der Waals surface area contributed by atoms with Crippen molar-refractivity contribution in [3.63, 3.8) is 0 Å². The molecule has 0 rings (SSSR count). The number of hydrogen-bond donors (Lipinski definition) is 4. The summed E-state index contributed by atoms with van der Waals surface area (Å²) in [5.41, 5.74) is 0. The molecule has 5 atom stereocenters. The summed E-state index contributed by atoms with van der Waals surface area (Å²) in [5.74, 6) is -1.24. The van der Waals surface area contributed by atoms with Crippen LogP contribution in [0.5, 0.6) is 0 Å². The first kappa shape index (κ1) is 59.3. The van der Waals surface area contributed by atoms with Crippen LogP contribution in [0.2, 0.25) is 0 Å². The van der Waals surface area contributed by atoms with Crippen molar-refractivity contribution in [3.05, 3.63) is 122 Å². The summed E-state index contributed by atoms with van der Waals surface area (Å²) in [4.78, 5) is 35.4. The summed E-state index contributed by atoms with van der Waals surface area (Å²) in [5, 5.41) is 30.5. The SMILES string of the molecule is CC/C=C\C[C@H](O)/C=C/C=C/C=C\C=C/[C@@H](O)[C@H](O)CCCC(=O)O[C@H](COC(=O)CC/C=C\C/C=C\C/C=C\C/C=C\C/C=C\CCCCC)COP(=O)(O)OCC[N+](C)(C)C. The van der Waals surface area contributed by atoms with Crippen molar-refractivity contribution in [2.24, 2.45) is 0 Å². The number of aliphatic hydroxyl groups excluding tert-OH is 3. The number of nitrogens with zero attached hydrogens (tertiary/aromatic N) is 1. The zero-order valence-corrected chi connectivity index (χ0v) is 39.7. The molecule has 0 heterocycles. The van der Waals surface area contributed by atoms with Crippen LogP contribution in [-0.2, 0) is 32.7 Å². The van der Waals surface area contributed by atoms with E-state index >= 15 is 0 Å². The fourth-order valence-corrected chi connectivity index (χ4v) is 5.90. The van der Waals surface area contributed by atoms with Gasteiger partial charge in [0.15, 0.2) is 6.10 Å². The average Bonchev–Trinajstić information content (AvgIpc) is 3.23. The predicted octanol–water partition coefficient (Wildman–Crippen LogP) is 9.82. The Morgan fingerprint density at radius 1 is 0.635 bits per heavy atom. The van der Waals surface area contributed by atoms with Gasteiger partial charge in [-0.2, -0.15) is 0 Å². The van der Waals surface area contributed by atoms with Crippen LogP contribution in [0, 0.1) is 0 Å². The van der Waals surface area contributed by atoms with Crippen molar-refractivity contribution in [3.8, 4) is 0 Å². The first-order valence-corrected chi connectivity index (χ1v) is 24.1. The highest BCUT2D eigenvalue weighted by atomic mass is 31.2. The number of aliphatic hydroxyl groups is 3. The minimum absolute atomic E-state index is 0.0512. The van der Waals surface area contributed by atoms with Gasteiger partial charge in [-0.3, -0.25) is 18.6 Å². The Balaban J connectivity index is 4.81. The number of hydrogen-bond acceptors (Lipinski definition) is 10. The molecule has 356 valence electrons. The maximum absolute atomic E-state index is 12.7. The van der Waals surface area contributed by atoms with E-state index in [2.05, 4.69) is 55.5 Å². The maximum atomic E-state index is 12.7. The minimum atomic E-state index is -4.50. The van der Waals surface area contributed by atoms with Crippen molar-refractivity contribution < 1.29 is 57.4 Å². The summed E-state index contributed by atoms with van der Waals surface area (Å²) in [6, 6.07) is 0. The van der Waals surface area contributed by atoms with E-state index in [0.717, 1.165) is 38.5 Å². The van der Waals surface area contributed by atoms with E-state index in [1.54, 1.807) is 42.5 Å². The molecule has 0 aliphatic heterocycles. The smallest absolute Gasteiger partial charge is 0.462 e. The Labute approximate surface area is 379 Å². The number of likely N-dealkylation sites (N-methyl/N-ethyl adjacent to an activating group) is 1. The summed E-state index contributed by atoms with van der Waals surface area (Å²) >= 11 is 0. The third kappa shape index (κ3) is 42.0. The molecule has 0 radical (unpaired) electrons. The van der Waals surface area contributed by atoms with E-state index < -0.39 is 57.4 Å². The second-order valence-corrected chi connectivity index (χ2v) is 17.4. The van der Waals surface area contributed by atoms with Crippen LogP contribution in [0.3, 0.4) is 0 Å². The highest BCUT2D eigenvalue weighted by molar-refractivity contribution is 7.47. The van der Waals surface area contributed by atoms with Crippen LogP contribution in [0.1, 0.15) is 110 Å². The Hall–Kier alpha value is -3.71. The molecule has 0 aromatic rings. The molecule has 0 amide bonds. The number of phosphoric acid groups is 1. The second-order valence-electron chi connectivity index (χ2n) is 15.9. The molecule has 0 aromatic heterocycles. The molecular weight excluding hydrogens is 822 g/mol. The lowest BCUT2D eigenvalue weighted by Crippen LogP contribution is -2.37. The Kier molecular flexibility index (Phi) is 37.5. The lowest BCUT2D eigenvalue weighted by atomic mass is 10.1. The molecule has 0 saturated heterocycles.